The molecule has 0 aliphatic carbocycles. The summed E-state index contributed by atoms with van der Waals surface area (Å²) in [6.07, 6.45) is 4.14. The van der Waals surface area contributed by atoms with E-state index in [0.29, 0.717) is 12.0 Å². The van der Waals surface area contributed by atoms with Gasteiger partial charge in [-0.2, -0.15) is 11.8 Å². The smallest absolute Gasteiger partial charge is 0.0704 e. The van der Waals surface area contributed by atoms with Crippen molar-refractivity contribution in [3.8, 4) is 0 Å². The second-order valence-corrected chi connectivity index (χ2v) is 6.24. The fourth-order valence-corrected chi connectivity index (χ4v) is 4.14. The molecule has 1 aromatic carbocycles. The van der Waals surface area contributed by atoms with Crippen molar-refractivity contribution >= 4 is 22.7 Å². The molecule has 1 aromatic heterocycles. The average Bonchev–Trinajstić information content (AvgIpc) is 2.99. The van der Waals surface area contributed by atoms with Crippen molar-refractivity contribution in [2.75, 3.05) is 11.5 Å². The molecular weight excluding hydrogens is 254 g/mol. The Hall–Kier alpha value is -1.10. The van der Waals surface area contributed by atoms with Gasteiger partial charge in [0, 0.05) is 17.6 Å². The van der Waals surface area contributed by atoms with E-state index in [1.807, 2.05) is 24.0 Å². The zero-order chi connectivity index (χ0) is 13.1. The maximum Gasteiger partial charge on any atom is 0.0704 e. The number of aromatic nitrogens is 1. The summed E-state index contributed by atoms with van der Waals surface area (Å²) in [6.45, 7) is 0. The highest BCUT2D eigenvalue weighted by atomic mass is 32.2. The lowest BCUT2D eigenvalue weighted by atomic mass is 9.92. The third-order valence-corrected chi connectivity index (χ3v) is 5.12. The first-order valence-corrected chi connectivity index (χ1v) is 7.90. The summed E-state index contributed by atoms with van der Waals surface area (Å²) < 4.78 is 0. The predicted molar refractivity (Wildman–Crippen MR) is 82.0 cm³/mol. The largest absolute Gasteiger partial charge is 0.271 e. The number of thioether (sulfide) groups is 1. The van der Waals surface area contributed by atoms with Gasteiger partial charge in [0.25, 0.3) is 0 Å². The summed E-state index contributed by atoms with van der Waals surface area (Å²) in [7, 11) is 0. The van der Waals surface area contributed by atoms with Gasteiger partial charge in [-0.05, 0) is 48.0 Å². The quantitative estimate of drug-likeness (QED) is 0.663. The number of benzene rings is 1. The molecule has 0 spiro atoms. The Labute approximate surface area is 117 Å². The number of hydrazine groups is 1. The van der Waals surface area contributed by atoms with Crippen molar-refractivity contribution in [2.45, 2.75) is 18.9 Å². The normalized spacial score (nSPS) is 20.8. The molecule has 2 unspecified atom stereocenters. The molecule has 1 fully saturated rings. The van der Waals surface area contributed by atoms with Gasteiger partial charge in [-0.3, -0.25) is 16.3 Å². The molecule has 2 heterocycles. The first-order chi connectivity index (χ1) is 9.38. The predicted octanol–water partition coefficient (Wildman–Crippen LogP) is 2.36. The first kappa shape index (κ1) is 12.9. The second kappa shape index (κ2) is 5.90. The van der Waals surface area contributed by atoms with Crippen LogP contribution in [-0.2, 0) is 6.42 Å². The highest BCUT2D eigenvalue weighted by Crippen LogP contribution is 2.28. The van der Waals surface area contributed by atoms with Gasteiger partial charge in [-0.1, -0.05) is 18.2 Å². The molecular formula is C15H19N3S. The first-order valence-electron chi connectivity index (χ1n) is 6.75. The lowest BCUT2D eigenvalue weighted by molar-refractivity contribution is 0.387. The van der Waals surface area contributed by atoms with Gasteiger partial charge in [0.1, 0.15) is 0 Å². The molecule has 1 aliphatic rings. The van der Waals surface area contributed by atoms with Crippen molar-refractivity contribution in [1.29, 1.82) is 0 Å². The molecule has 3 N–H and O–H groups in total. The number of hydrogen-bond donors (Lipinski definition) is 2. The molecule has 1 aliphatic heterocycles. The van der Waals surface area contributed by atoms with E-state index in [4.69, 9.17) is 5.84 Å². The van der Waals surface area contributed by atoms with Gasteiger partial charge in [-0.15, -0.1) is 0 Å². The van der Waals surface area contributed by atoms with Crippen LogP contribution in [0.2, 0.25) is 0 Å². The van der Waals surface area contributed by atoms with Gasteiger partial charge in [0.15, 0.2) is 0 Å². The number of fused-ring (bicyclic) bond motifs is 1. The van der Waals surface area contributed by atoms with Crippen molar-refractivity contribution in [3.05, 3.63) is 42.1 Å². The molecule has 100 valence electrons. The summed E-state index contributed by atoms with van der Waals surface area (Å²) in [5, 5.41) is 1.25. The fraction of sp³-hybridized carbons (Fsp3) is 0.400. The number of nitrogens with two attached hydrogens (primary N) is 1. The van der Waals surface area contributed by atoms with Crippen LogP contribution in [0.5, 0.6) is 0 Å². The van der Waals surface area contributed by atoms with E-state index in [1.165, 1.54) is 28.9 Å². The van der Waals surface area contributed by atoms with Crippen molar-refractivity contribution in [1.82, 2.24) is 10.4 Å². The molecule has 4 heteroatoms. The van der Waals surface area contributed by atoms with Crippen LogP contribution in [-0.4, -0.2) is 22.5 Å². The van der Waals surface area contributed by atoms with Crippen LogP contribution in [0.1, 0.15) is 12.0 Å². The number of nitrogens with one attached hydrogen (secondary N) is 1. The monoisotopic (exact) mass is 273 g/mol. The Morgan fingerprint density at radius 2 is 2.26 bits per heavy atom. The van der Waals surface area contributed by atoms with Crippen LogP contribution in [0, 0.1) is 5.92 Å². The maximum atomic E-state index is 5.77. The molecule has 19 heavy (non-hydrogen) atoms. The fourth-order valence-electron chi connectivity index (χ4n) is 2.80. The second-order valence-electron chi connectivity index (χ2n) is 5.09. The molecule has 0 amide bonds. The van der Waals surface area contributed by atoms with Crippen LogP contribution < -0.4 is 11.3 Å². The van der Waals surface area contributed by atoms with Crippen LogP contribution in [0.15, 0.2) is 36.5 Å². The van der Waals surface area contributed by atoms with Crippen LogP contribution >= 0.6 is 11.8 Å². The summed E-state index contributed by atoms with van der Waals surface area (Å²) in [5.74, 6) is 8.94. The topological polar surface area (TPSA) is 50.9 Å². The van der Waals surface area contributed by atoms with Gasteiger partial charge in [0.2, 0.25) is 0 Å². The number of rotatable bonds is 4. The summed E-state index contributed by atoms with van der Waals surface area (Å²) in [6, 6.07) is 10.8. The highest BCUT2D eigenvalue weighted by molar-refractivity contribution is 7.99. The third-order valence-electron chi connectivity index (χ3n) is 3.93. The van der Waals surface area contributed by atoms with Crippen LogP contribution in [0.25, 0.3) is 10.9 Å². The Morgan fingerprint density at radius 3 is 3.05 bits per heavy atom. The minimum absolute atomic E-state index is 0.362. The van der Waals surface area contributed by atoms with Gasteiger partial charge >= 0.3 is 0 Å². The Morgan fingerprint density at radius 1 is 1.37 bits per heavy atom. The van der Waals surface area contributed by atoms with E-state index in [1.54, 1.807) is 0 Å². The van der Waals surface area contributed by atoms with Crippen LogP contribution in [0.3, 0.4) is 0 Å². The van der Waals surface area contributed by atoms with E-state index < -0.39 is 0 Å². The summed E-state index contributed by atoms with van der Waals surface area (Å²) in [5.41, 5.74) is 5.43. The highest BCUT2D eigenvalue weighted by Gasteiger charge is 2.25. The molecule has 2 atom stereocenters. The number of para-hydroxylation sites is 1. The summed E-state index contributed by atoms with van der Waals surface area (Å²) >= 11 is 2.03. The zero-order valence-electron chi connectivity index (χ0n) is 10.9. The van der Waals surface area contributed by atoms with Crippen molar-refractivity contribution in [3.63, 3.8) is 0 Å². The molecule has 3 rings (SSSR count). The third kappa shape index (κ3) is 2.76. The number of nitrogens with zero attached hydrogens (tertiary/aromatic N) is 1. The lowest BCUT2D eigenvalue weighted by Crippen LogP contribution is -2.42. The minimum atomic E-state index is 0.362. The summed E-state index contributed by atoms with van der Waals surface area (Å²) in [4.78, 5) is 4.42. The molecule has 2 aromatic rings. The van der Waals surface area contributed by atoms with Crippen molar-refractivity contribution < 1.29 is 0 Å². The van der Waals surface area contributed by atoms with E-state index >= 15 is 0 Å². The van der Waals surface area contributed by atoms with Gasteiger partial charge in [-0.25, -0.2) is 0 Å². The minimum Gasteiger partial charge on any atom is -0.271 e. The average molecular weight is 273 g/mol. The van der Waals surface area contributed by atoms with E-state index in [9.17, 15) is 0 Å². The van der Waals surface area contributed by atoms with E-state index in [-0.39, 0.29) is 0 Å². The lowest BCUT2D eigenvalue weighted by Gasteiger charge is -2.22. The van der Waals surface area contributed by atoms with Gasteiger partial charge in [0.05, 0.1) is 5.52 Å². The molecule has 0 saturated carbocycles. The van der Waals surface area contributed by atoms with E-state index in [2.05, 4.69) is 34.7 Å². The number of pyridine rings is 1. The van der Waals surface area contributed by atoms with Crippen molar-refractivity contribution in [2.24, 2.45) is 11.8 Å². The Balaban J connectivity index is 1.87. The Kier molecular flexibility index (Phi) is 4.01. The molecule has 1 saturated heterocycles. The molecule has 3 nitrogen and oxygen atoms in total. The SMILES string of the molecule is NNC(Cc1ccnc2ccccc12)C1CCSC1. The number of hydrogen-bond acceptors (Lipinski definition) is 4. The standard InChI is InChI=1S/C15H19N3S/c16-18-15(12-6-8-19-10-12)9-11-5-7-17-14-4-2-1-3-13(11)14/h1-5,7,12,15,18H,6,8-10,16H2. The van der Waals surface area contributed by atoms with Crippen LogP contribution in [0.4, 0.5) is 0 Å². The molecule has 0 bridgehead atoms. The maximum absolute atomic E-state index is 5.77. The molecule has 0 radical (unpaired) electrons. The van der Waals surface area contributed by atoms with E-state index in [0.717, 1.165) is 11.9 Å². The Bertz CT molecular complexity index is 547. The zero-order valence-corrected chi connectivity index (χ0v) is 11.7. The van der Waals surface area contributed by atoms with Gasteiger partial charge < -0.3 is 0 Å².